The van der Waals surface area contributed by atoms with Crippen LogP contribution >= 0.6 is 11.3 Å². The van der Waals surface area contributed by atoms with Gasteiger partial charge in [0, 0.05) is 5.56 Å². The van der Waals surface area contributed by atoms with Gasteiger partial charge in [-0.15, -0.1) is 11.3 Å². The van der Waals surface area contributed by atoms with Gasteiger partial charge in [-0.05, 0) is 65.4 Å². The van der Waals surface area contributed by atoms with E-state index in [2.05, 4.69) is 36.4 Å². The summed E-state index contributed by atoms with van der Waals surface area (Å²) in [6.45, 7) is 0. The average Bonchev–Trinajstić information content (AvgIpc) is 3.19. The quantitative estimate of drug-likeness (QED) is 0.480. The lowest BCUT2D eigenvalue weighted by atomic mass is 9.91. The lowest BCUT2D eigenvalue weighted by Crippen LogP contribution is -2.11. The van der Waals surface area contributed by atoms with Crippen LogP contribution in [-0.2, 0) is 25.7 Å². The molecule has 3 aromatic rings. The van der Waals surface area contributed by atoms with Crippen LogP contribution in [0, 0.1) is 0 Å². The number of carbonyl (C=O) groups excluding carboxylic acids is 2. The molecule has 0 N–H and O–H groups in total. The number of rotatable bonds is 4. The van der Waals surface area contributed by atoms with Gasteiger partial charge in [-0.1, -0.05) is 42.5 Å². The predicted molar refractivity (Wildman–Crippen MR) is 105 cm³/mol. The van der Waals surface area contributed by atoms with E-state index < -0.39 is 0 Å². The number of aryl methyl sites for hydroxylation is 4. The van der Waals surface area contributed by atoms with Gasteiger partial charge in [0.1, 0.15) is 0 Å². The van der Waals surface area contributed by atoms with E-state index in [-0.39, 0.29) is 18.0 Å². The second-order valence-corrected chi connectivity index (χ2v) is 7.76. The molecule has 2 nitrogen and oxygen atoms in total. The molecule has 1 aromatic heterocycles. The lowest BCUT2D eigenvalue weighted by molar-refractivity contribution is 0.0896. The van der Waals surface area contributed by atoms with Crippen molar-refractivity contribution in [2.45, 2.75) is 32.1 Å². The molecule has 130 valence electrons. The Morgan fingerprint density at radius 2 is 1.42 bits per heavy atom. The molecule has 2 aromatic carbocycles. The molecule has 3 heteroatoms. The smallest absolute Gasteiger partial charge is 0.180 e. The summed E-state index contributed by atoms with van der Waals surface area (Å²) in [5, 5.41) is 1.87. The topological polar surface area (TPSA) is 34.1 Å². The number of hydrogen-bond acceptors (Lipinski definition) is 3. The number of ketones is 2. The molecule has 0 saturated carbocycles. The van der Waals surface area contributed by atoms with Gasteiger partial charge in [0.25, 0.3) is 0 Å². The minimum atomic E-state index is -0.0858. The summed E-state index contributed by atoms with van der Waals surface area (Å²) in [5.74, 6) is -0.150. The molecule has 1 heterocycles. The summed E-state index contributed by atoms with van der Waals surface area (Å²) in [4.78, 5) is 25.9. The Morgan fingerprint density at radius 1 is 0.769 bits per heavy atom. The molecule has 4 bridgehead atoms. The summed E-state index contributed by atoms with van der Waals surface area (Å²) in [7, 11) is 0. The van der Waals surface area contributed by atoms with Crippen LogP contribution in [0.15, 0.2) is 60.0 Å². The molecule has 0 saturated heterocycles. The van der Waals surface area contributed by atoms with Crippen LogP contribution in [0.4, 0.5) is 0 Å². The molecule has 0 atom stereocenters. The van der Waals surface area contributed by atoms with Crippen molar-refractivity contribution in [2.75, 3.05) is 0 Å². The maximum Gasteiger partial charge on any atom is 0.180 e. The first-order chi connectivity index (χ1) is 12.7. The molecule has 0 amide bonds. The molecule has 0 spiro atoms. The molecule has 26 heavy (non-hydrogen) atoms. The van der Waals surface area contributed by atoms with Gasteiger partial charge in [0.15, 0.2) is 11.6 Å². The largest absolute Gasteiger partial charge is 0.294 e. The van der Waals surface area contributed by atoms with Gasteiger partial charge < -0.3 is 0 Å². The van der Waals surface area contributed by atoms with E-state index in [1.165, 1.54) is 22.5 Å². The molecular formula is C23H20O2S. The zero-order valence-corrected chi connectivity index (χ0v) is 15.4. The third-order valence-electron chi connectivity index (χ3n) is 5.00. The summed E-state index contributed by atoms with van der Waals surface area (Å²) in [6.07, 6.45) is 3.53. The fraction of sp³-hybridized carbons (Fsp3) is 0.217. The SMILES string of the molecule is O=C(CC(=O)c1cc2ccc1CCc1ccc(cc1)CC2)c1cccs1. The fourth-order valence-electron chi connectivity index (χ4n) is 3.46. The standard InChI is InChI=1S/C23H20O2S/c24-21(15-22(25)23-2-1-13-26-23)20-14-18-8-7-16-3-5-17(6-4-16)9-11-19(20)12-10-18/h1-6,10,12-14H,7-9,11,15H2. The average molecular weight is 360 g/mol. The fourth-order valence-corrected chi connectivity index (χ4v) is 4.13. The van der Waals surface area contributed by atoms with E-state index in [4.69, 9.17) is 0 Å². The normalized spacial score (nSPS) is 13.2. The van der Waals surface area contributed by atoms with Crippen LogP contribution in [0.1, 0.15) is 48.7 Å². The Balaban J connectivity index is 1.62. The van der Waals surface area contributed by atoms with Gasteiger partial charge in [0.2, 0.25) is 0 Å². The molecule has 0 fully saturated rings. The molecular weight excluding hydrogens is 340 g/mol. The van der Waals surface area contributed by atoms with Gasteiger partial charge in [-0.3, -0.25) is 9.59 Å². The second-order valence-electron chi connectivity index (χ2n) is 6.81. The maximum atomic E-state index is 12.9. The van der Waals surface area contributed by atoms with Crippen molar-refractivity contribution in [3.8, 4) is 0 Å². The van der Waals surface area contributed by atoms with Crippen molar-refractivity contribution in [3.05, 3.63) is 92.7 Å². The highest BCUT2D eigenvalue weighted by Gasteiger charge is 2.18. The van der Waals surface area contributed by atoms with Crippen LogP contribution < -0.4 is 0 Å². The van der Waals surface area contributed by atoms with Crippen molar-refractivity contribution in [1.29, 1.82) is 0 Å². The first-order valence-corrected chi connectivity index (χ1v) is 9.86. The zero-order chi connectivity index (χ0) is 17.9. The lowest BCUT2D eigenvalue weighted by Gasteiger charge is -2.13. The van der Waals surface area contributed by atoms with Crippen LogP contribution in [0.3, 0.4) is 0 Å². The van der Waals surface area contributed by atoms with Crippen molar-refractivity contribution < 1.29 is 9.59 Å². The minimum absolute atomic E-state index is 0.0509. The summed E-state index contributed by atoms with van der Waals surface area (Å²) < 4.78 is 0. The Kier molecular flexibility index (Phi) is 4.81. The molecule has 4 aliphatic carbocycles. The predicted octanol–water partition coefficient (Wildman–Crippen LogP) is 5.09. The van der Waals surface area contributed by atoms with E-state index >= 15 is 0 Å². The first kappa shape index (κ1) is 16.9. The number of carbonyl (C=O) groups is 2. The van der Waals surface area contributed by atoms with Crippen LogP contribution in [0.2, 0.25) is 0 Å². The highest BCUT2D eigenvalue weighted by Crippen LogP contribution is 2.22. The highest BCUT2D eigenvalue weighted by molar-refractivity contribution is 7.12. The Morgan fingerprint density at radius 3 is 2.12 bits per heavy atom. The maximum absolute atomic E-state index is 12.9. The van der Waals surface area contributed by atoms with Gasteiger partial charge in [0.05, 0.1) is 11.3 Å². The van der Waals surface area contributed by atoms with Crippen molar-refractivity contribution in [1.82, 2.24) is 0 Å². The van der Waals surface area contributed by atoms with Gasteiger partial charge >= 0.3 is 0 Å². The number of thiophene rings is 1. The van der Waals surface area contributed by atoms with Gasteiger partial charge in [-0.25, -0.2) is 0 Å². The highest BCUT2D eigenvalue weighted by atomic mass is 32.1. The molecule has 0 aliphatic heterocycles. The summed E-state index contributed by atoms with van der Waals surface area (Å²) >= 11 is 1.39. The zero-order valence-electron chi connectivity index (χ0n) is 14.5. The molecule has 4 aliphatic rings. The Hall–Kier alpha value is -2.52. The van der Waals surface area contributed by atoms with E-state index in [1.807, 2.05) is 17.5 Å². The van der Waals surface area contributed by atoms with E-state index in [0.717, 1.165) is 42.4 Å². The van der Waals surface area contributed by atoms with Gasteiger partial charge in [-0.2, -0.15) is 0 Å². The van der Waals surface area contributed by atoms with Crippen LogP contribution in [-0.4, -0.2) is 11.6 Å². The monoisotopic (exact) mass is 360 g/mol. The third-order valence-corrected chi connectivity index (χ3v) is 5.91. The minimum Gasteiger partial charge on any atom is -0.294 e. The number of hydrogen-bond donors (Lipinski definition) is 0. The molecule has 0 unspecified atom stereocenters. The number of benzene rings is 2. The number of Topliss-reactive ketones (excluding diaryl/α,β-unsaturated/α-hetero) is 2. The Labute approximate surface area is 157 Å². The van der Waals surface area contributed by atoms with Crippen LogP contribution in [0.5, 0.6) is 0 Å². The summed E-state index contributed by atoms with van der Waals surface area (Å²) in [5.41, 5.74) is 5.53. The van der Waals surface area contributed by atoms with E-state index in [9.17, 15) is 9.59 Å². The molecule has 7 rings (SSSR count). The van der Waals surface area contributed by atoms with E-state index in [1.54, 1.807) is 6.07 Å². The van der Waals surface area contributed by atoms with Crippen molar-refractivity contribution in [2.24, 2.45) is 0 Å². The third kappa shape index (κ3) is 3.68. The van der Waals surface area contributed by atoms with Crippen LogP contribution in [0.25, 0.3) is 0 Å². The van der Waals surface area contributed by atoms with E-state index in [0.29, 0.717) is 4.88 Å². The summed E-state index contributed by atoms with van der Waals surface area (Å²) in [6, 6.07) is 18.6. The van der Waals surface area contributed by atoms with Crippen molar-refractivity contribution >= 4 is 22.9 Å². The van der Waals surface area contributed by atoms with Crippen molar-refractivity contribution in [3.63, 3.8) is 0 Å². The second kappa shape index (κ2) is 7.38. The first-order valence-electron chi connectivity index (χ1n) is 8.98. The molecule has 0 radical (unpaired) electrons. The Bertz CT molecular complexity index is 937.